The van der Waals surface area contributed by atoms with E-state index in [0.717, 1.165) is 30.7 Å². The highest BCUT2D eigenvalue weighted by molar-refractivity contribution is 5.40. The van der Waals surface area contributed by atoms with E-state index in [2.05, 4.69) is 17.2 Å². The Kier molecular flexibility index (Phi) is 3.84. The van der Waals surface area contributed by atoms with Crippen LogP contribution in [0.25, 0.3) is 0 Å². The number of nitrogens with zero attached hydrogens (tertiary/aromatic N) is 1. The van der Waals surface area contributed by atoms with E-state index in [0.29, 0.717) is 11.9 Å². The van der Waals surface area contributed by atoms with Gasteiger partial charge in [-0.2, -0.15) is 0 Å². The highest BCUT2D eigenvalue weighted by atomic mass is 16.5. The maximum Gasteiger partial charge on any atom is 0.257 e. The van der Waals surface area contributed by atoms with Crippen molar-refractivity contribution in [2.24, 2.45) is 0 Å². The van der Waals surface area contributed by atoms with Crippen molar-refractivity contribution in [3.8, 4) is 11.6 Å². The number of hydrogen-bond acceptors (Lipinski definition) is 4. The topological polar surface area (TPSA) is 43.4 Å². The van der Waals surface area contributed by atoms with Gasteiger partial charge in [0.05, 0.1) is 7.11 Å². The zero-order chi connectivity index (χ0) is 12.3. The van der Waals surface area contributed by atoms with Crippen molar-refractivity contribution in [1.82, 2.24) is 10.3 Å². The van der Waals surface area contributed by atoms with Crippen molar-refractivity contribution in [2.45, 2.75) is 38.8 Å². The molecule has 4 nitrogen and oxygen atoms in total. The van der Waals surface area contributed by atoms with E-state index in [1.54, 1.807) is 13.3 Å². The SMILES string of the molecule is COc1c(C)ccnc1OC1CC[C@@H](C)NC1. The van der Waals surface area contributed by atoms with Gasteiger partial charge in [-0.3, -0.25) is 0 Å². The van der Waals surface area contributed by atoms with Gasteiger partial charge in [-0.05, 0) is 38.3 Å². The fourth-order valence-corrected chi connectivity index (χ4v) is 2.08. The number of aryl methyl sites for hydroxylation is 1. The van der Waals surface area contributed by atoms with Crippen molar-refractivity contribution in [1.29, 1.82) is 0 Å². The summed E-state index contributed by atoms with van der Waals surface area (Å²) in [5.41, 5.74) is 1.05. The van der Waals surface area contributed by atoms with Gasteiger partial charge in [0.1, 0.15) is 6.10 Å². The molecule has 94 valence electrons. The van der Waals surface area contributed by atoms with E-state index < -0.39 is 0 Å². The van der Waals surface area contributed by atoms with E-state index in [1.807, 2.05) is 13.0 Å². The lowest BCUT2D eigenvalue weighted by molar-refractivity contribution is 0.141. The van der Waals surface area contributed by atoms with Crippen LogP contribution < -0.4 is 14.8 Å². The first-order chi connectivity index (χ1) is 8.20. The largest absolute Gasteiger partial charge is 0.491 e. The van der Waals surface area contributed by atoms with Crippen LogP contribution in [0.1, 0.15) is 25.3 Å². The van der Waals surface area contributed by atoms with Crippen molar-refractivity contribution in [3.63, 3.8) is 0 Å². The molecule has 0 aliphatic carbocycles. The third-order valence-electron chi connectivity index (χ3n) is 3.17. The van der Waals surface area contributed by atoms with Gasteiger partial charge in [0, 0.05) is 18.8 Å². The summed E-state index contributed by atoms with van der Waals surface area (Å²) < 4.78 is 11.2. The third-order valence-corrected chi connectivity index (χ3v) is 3.17. The summed E-state index contributed by atoms with van der Waals surface area (Å²) in [5, 5.41) is 3.41. The highest BCUT2D eigenvalue weighted by Gasteiger charge is 2.21. The summed E-state index contributed by atoms with van der Waals surface area (Å²) in [6.45, 7) is 5.07. The van der Waals surface area contributed by atoms with E-state index >= 15 is 0 Å². The molecule has 0 aromatic carbocycles. The predicted octanol–water partition coefficient (Wildman–Crippen LogP) is 1.92. The van der Waals surface area contributed by atoms with Crippen LogP contribution in [0, 0.1) is 6.92 Å². The van der Waals surface area contributed by atoms with Crippen LogP contribution >= 0.6 is 0 Å². The first kappa shape index (κ1) is 12.2. The molecule has 4 heteroatoms. The van der Waals surface area contributed by atoms with Crippen LogP contribution in [0.4, 0.5) is 0 Å². The Morgan fingerprint density at radius 3 is 2.88 bits per heavy atom. The first-order valence-corrected chi connectivity index (χ1v) is 6.10. The van der Waals surface area contributed by atoms with Crippen LogP contribution in [0.15, 0.2) is 12.3 Å². The lowest BCUT2D eigenvalue weighted by Crippen LogP contribution is -2.42. The zero-order valence-corrected chi connectivity index (χ0v) is 10.7. The summed E-state index contributed by atoms with van der Waals surface area (Å²) in [6.07, 6.45) is 4.15. The molecule has 17 heavy (non-hydrogen) atoms. The molecule has 2 atom stereocenters. The molecule has 1 aromatic rings. The molecule has 0 radical (unpaired) electrons. The Bertz CT molecular complexity index is 374. The Hall–Kier alpha value is -1.29. The Balaban J connectivity index is 2.05. The van der Waals surface area contributed by atoms with Crippen molar-refractivity contribution in [2.75, 3.05) is 13.7 Å². The zero-order valence-electron chi connectivity index (χ0n) is 10.7. The van der Waals surface area contributed by atoms with E-state index in [4.69, 9.17) is 9.47 Å². The van der Waals surface area contributed by atoms with Crippen LogP contribution in [0.3, 0.4) is 0 Å². The summed E-state index contributed by atoms with van der Waals surface area (Å²) in [5.74, 6) is 1.35. The van der Waals surface area contributed by atoms with Gasteiger partial charge in [0.25, 0.3) is 5.88 Å². The second kappa shape index (κ2) is 5.36. The third kappa shape index (κ3) is 2.88. The number of aromatic nitrogens is 1. The highest BCUT2D eigenvalue weighted by Crippen LogP contribution is 2.29. The lowest BCUT2D eigenvalue weighted by atomic mass is 10.0. The maximum absolute atomic E-state index is 5.91. The monoisotopic (exact) mass is 236 g/mol. The number of nitrogens with one attached hydrogen (secondary N) is 1. The first-order valence-electron chi connectivity index (χ1n) is 6.10. The summed E-state index contributed by atoms with van der Waals surface area (Å²) >= 11 is 0. The van der Waals surface area contributed by atoms with Crippen LogP contribution in [-0.2, 0) is 0 Å². The Morgan fingerprint density at radius 2 is 2.24 bits per heavy atom. The molecule has 1 aromatic heterocycles. The minimum absolute atomic E-state index is 0.189. The lowest BCUT2D eigenvalue weighted by Gasteiger charge is -2.28. The average Bonchev–Trinajstić information content (AvgIpc) is 2.32. The second-order valence-corrected chi connectivity index (χ2v) is 4.59. The summed E-state index contributed by atoms with van der Waals surface area (Å²) in [7, 11) is 1.65. The van der Waals surface area contributed by atoms with Crippen molar-refractivity contribution >= 4 is 0 Å². The fourth-order valence-electron chi connectivity index (χ4n) is 2.08. The summed E-state index contributed by atoms with van der Waals surface area (Å²) in [6, 6.07) is 2.51. The summed E-state index contributed by atoms with van der Waals surface area (Å²) in [4.78, 5) is 4.25. The van der Waals surface area contributed by atoms with Gasteiger partial charge < -0.3 is 14.8 Å². The van der Waals surface area contributed by atoms with Crippen molar-refractivity contribution in [3.05, 3.63) is 17.8 Å². The molecule has 2 heterocycles. The molecule has 1 N–H and O–H groups in total. The normalized spacial score (nSPS) is 24.4. The molecule has 1 fully saturated rings. The molecular formula is C13H20N2O2. The number of pyridine rings is 1. The van der Waals surface area contributed by atoms with Gasteiger partial charge in [0.2, 0.25) is 0 Å². The number of hydrogen-bond donors (Lipinski definition) is 1. The fraction of sp³-hybridized carbons (Fsp3) is 0.615. The molecule has 0 bridgehead atoms. The van der Waals surface area contributed by atoms with Gasteiger partial charge >= 0.3 is 0 Å². The number of piperidine rings is 1. The number of rotatable bonds is 3. The van der Waals surface area contributed by atoms with Crippen LogP contribution in [-0.4, -0.2) is 30.8 Å². The number of methoxy groups -OCH3 is 1. The second-order valence-electron chi connectivity index (χ2n) is 4.59. The molecule has 1 aliphatic rings. The molecule has 2 rings (SSSR count). The number of ether oxygens (including phenoxy) is 2. The van der Waals surface area contributed by atoms with E-state index in [-0.39, 0.29) is 6.10 Å². The van der Waals surface area contributed by atoms with Gasteiger partial charge in [0.15, 0.2) is 5.75 Å². The molecular weight excluding hydrogens is 216 g/mol. The average molecular weight is 236 g/mol. The Morgan fingerprint density at radius 1 is 1.41 bits per heavy atom. The standard InChI is InChI=1S/C13H20N2O2/c1-9-6-7-14-13(12(9)16-3)17-11-5-4-10(2)15-8-11/h6-7,10-11,15H,4-5,8H2,1-3H3/t10-,11?/m1/s1. The van der Waals surface area contributed by atoms with E-state index in [9.17, 15) is 0 Å². The van der Waals surface area contributed by atoms with Crippen molar-refractivity contribution < 1.29 is 9.47 Å². The predicted molar refractivity (Wildman–Crippen MR) is 66.6 cm³/mol. The van der Waals surface area contributed by atoms with Gasteiger partial charge in [-0.25, -0.2) is 4.98 Å². The van der Waals surface area contributed by atoms with Gasteiger partial charge in [-0.15, -0.1) is 0 Å². The quantitative estimate of drug-likeness (QED) is 0.870. The Labute approximate surface area is 102 Å². The van der Waals surface area contributed by atoms with E-state index in [1.165, 1.54) is 0 Å². The minimum Gasteiger partial charge on any atom is -0.491 e. The molecule has 0 amide bonds. The van der Waals surface area contributed by atoms with Crippen LogP contribution in [0.2, 0.25) is 0 Å². The molecule has 1 saturated heterocycles. The maximum atomic E-state index is 5.91. The molecule has 1 unspecified atom stereocenters. The minimum atomic E-state index is 0.189. The molecule has 0 saturated carbocycles. The van der Waals surface area contributed by atoms with Crippen LogP contribution in [0.5, 0.6) is 11.6 Å². The molecule has 0 spiro atoms. The molecule has 1 aliphatic heterocycles. The smallest absolute Gasteiger partial charge is 0.257 e. The van der Waals surface area contributed by atoms with Gasteiger partial charge in [-0.1, -0.05) is 0 Å².